The number of carboxylic acid groups (broad SMARTS) is 1. The zero-order chi connectivity index (χ0) is 17.5. The molecular weight excluding hydrogens is 298 g/mol. The number of rotatable bonds is 8. The number of hydrogen-bond acceptors (Lipinski definition) is 5. The van der Waals surface area contributed by atoms with Crippen molar-refractivity contribution in [2.45, 2.75) is 44.6 Å². The molecule has 0 aliphatic heterocycles. The van der Waals surface area contributed by atoms with E-state index in [0.717, 1.165) is 0 Å². The summed E-state index contributed by atoms with van der Waals surface area (Å²) in [6.07, 6.45) is -0.426. The molecule has 0 amide bonds. The minimum Gasteiger partial charge on any atom is -0.497 e. The lowest BCUT2D eigenvalue weighted by Crippen LogP contribution is -2.32. The van der Waals surface area contributed by atoms with Crippen LogP contribution in [0, 0.1) is 11.3 Å². The van der Waals surface area contributed by atoms with Crippen LogP contribution in [0.15, 0.2) is 24.3 Å². The largest absolute Gasteiger partial charge is 0.497 e. The topological polar surface area (TPSA) is 96.6 Å². The highest BCUT2D eigenvalue weighted by molar-refractivity contribution is 5.77. The van der Waals surface area contributed by atoms with Crippen molar-refractivity contribution in [1.29, 1.82) is 5.26 Å². The van der Waals surface area contributed by atoms with E-state index in [1.807, 2.05) is 13.0 Å². The van der Waals surface area contributed by atoms with Crippen LogP contribution < -0.4 is 4.74 Å². The Morgan fingerprint density at radius 1 is 1.30 bits per heavy atom. The predicted molar refractivity (Wildman–Crippen MR) is 83.0 cm³/mol. The molecule has 0 aromatic heterocycles. The van der Waals surface area contributed by atoms with E-state index in [2.05, 4.69) is 0 Å². The van der Waals surface area contributed by atoms with Gasteiger partial charge in [-0.2, -0.15) is 5.26 Å². The Labute approximate surface area is 135 Å². The molecule has 6 nitrogen and oxygen atoms in total. The molecule has 0 aliphatic carbocycles. The number of methoxy groups -OCH3 is 1. The van der Waals surface area contributed by atoms with E-state index in [0.29, 0.717) is 17.7 Å². The molecule has 0 saturated carbocycles. The minimum atomic E-state index is -1.47. The Morgan fingerprint density at radius 2 is 1.91 bits per heavy atom. The number of carboxylic acids is 1. The molecule has 1 rings (SSSR count). The number of hydrogen-bond donors (Lipinski definition) is 1. The molecule has 6 heteroatoms. The van der Waals surface area contributed by atoms with Gasteiger partial charge >= 0.3 is 11.9 Å². The van der Waals surface area contributed by atoms with Gasteiger partial charge in [0.05, 0.1) is 32.1 Å². The number of benzene rings is 1. The smallest absolute Gasteiger partial charge is 0.308 e. The zero-order valence-corrected chi connectivity index (χ0v) is 13.5. The summed E-state index contributed by atoms with van der Waals surface area (Å²) in [5.41, 5.74) is -1.02. The number of aliphatic carboxylic acids is 1. The normalized spacial score (nSPS) is 14.2. The van der Waals surface area contributed by atoms with Crippen molar-refractivity contribution in [3.05, 3.63) is 29.8 Å². The second kappa shape index (κ2) is 8.18. The number of carbonyl (C=O) groups excluding carboxylic acids is 1. The monoisotopic (exact) mass is 319 g/mol. The van der Waals surface area contributed by atoms with Gasteiger partial charge in [0.25, 0.3) is 0 Å². The van der Waals surface area contributed by atoms with Gasteiger partial charge in [-0.05, 0) is 31.0 Å². The first-order valence-electron chi connectivity index (χ1n) is 7.34. The van der Waals surface area contributed by atoms with E-state index in [1.165, 1.54) is 7.11 Å². The van der Waals surface area contributed by atoms with Crippen LogP contribution in [0.3, 0.4) is 0 Å². The van der Waals surface area contributed by atoms with Crippen molar-refractivity contribution >= 4 is 11.9 Å². The fourth-order valence-corrected chi connectivity index (χ4v) is 2.17. The third-order valence-corrected chi connectivity index (χ3v) is 3.66. The predicted octanol–water partition coefficient (Wildman–Crippen LogP) is 2.66. The van der Waals surface area contributed by atoms with Gasteiger partial charge in [0.15, 0.2) is 0 Å². The van der Waals surface area contributed by atoms with Crippen LogP contribution >= 0.6 is 0 Å². The summed E-state index contributed by atoms with van der Waals surface area (Å²) in [4.78, 5) is 23.3. The molecule has 0 spiro atoms. The van der Waals surface area contributed by atoms with Crippen LogP contribution in [0.2, 0.25) is 0 Å². The lowest BCUT2D eigenvalue weighted by atomic mass is 9.76. The van der Waals surface area contributed by atoms with Crippen LogP contribution in [-0.4, -0.2) is 30.3 Å². The van der Waals surface area contributed by atoms with Gasteiger partial charge in [-0.25, -0.2) is 0 Å². The van der Waals surface area contributed by atoms with Crippen molar-refractivity contribution in [1.82, 2.24) is 0 Å². The van der Waals surface area contributed by atoms with Crippen LogP contribution in [0.5, 0.6) is 5.75 Å². The first-order chi connectivity index (χ1) is 10.9. The molecule has 2 unspecified atom stereocenters. The second-order valence-corrected chi connectivity index (χ2v) is 5.38. The summed E-state index contributed by atoms with van der Waals surface area (Å²) in [7, 11) is 1.51. The van der Waals surface area contributed by atoms with Crippen LogP contribution in [0.25, 0.3) is 0 Å². The Bertz CT molecular complexity index is 590. The molecule has 0 fully saturated rings. The fraction of sp³-hybridized carbons (Fsp3) is 0.471. The van der Waals surface area contributed by atoms with Crippen molar-refractivity contribution in [2.24, 2.45) is 0 Å². The highest BCUT2D eigenvalue weighted by Gasteiger charge is 2.38. The summed E-state index contributed by atoms with van der Waals surface area (Å²) in [5.74, 6) is -1.16. The van der Waals surface area contributed by atoms with Gasteiger partial charge in [-0.3, -0.25) is 9.59 Å². The average molecular weight is 319 g/mol. The third kappa shape index (κ3) is 4.99. The van der Waals surface area contributed by atoms with Crippen molar-refractivity contribution in [3.8, 4) is 11.8 Å². The molecule has 1 aromatic rings. The average Bonchev–Trinajstić information content (AvgIpc) is 2.53. The summed E-state index contributed by atoms with van der Waals surface area (Å²) in [6.45, 7) is 3.62. The van der Waals surface area contributed by atoms with E-state index in [9.17, 15) is 14.9 Å². The molecule has 0 heterocycles. The van der Waals surface area contributed by atoms with Crippen LogP contribution in [0.4, 0.5) is 0 Å². The molecule has 124 valence electrons. The highest BCUT2D eigenvalue weighted by Crippen LogP contribution is 2.33. The first kappa shape index (κ1) is 18.5. The SMILES string of the molecule is CCC(C)OC(=O)CC(C#N)(CC(=O)O)c1ccc(OC)cc1. The maximum Gasteiger partial charge on any atom is 0.308 e. The van der Waals surface area contributed by atoms with Crippen LogP contribution in [0.1, 0.15) is 38.7 Å². The van der Waals surface area contributed by atoms with E-state index in [4.69, 9.17) is 14.6 Å². The molecule has 1 aromatic carbocycles. The maximum absolute atomic E-state index is 12.1. The molecule has 0 aliphatic rings. The molecule has 2 atom stereocenters. The van der Waals surface area contributed by atoms with Crippen molar-refractivity contribution in [2.75, 3.05) is 7.11 Å². The maximum atomic E-state index is 12.1. The number of esters is 1. The first-order valence-corrected chi connectivity index (χ1v) is 7.34. The van der Waals surface area contributed by atoms with E-state index < -0.39 is 23.8 Å². The molecule has 1 N–H and O–H groups in total. The quantitative estimate of drug-likeness (QED) is 0.740. The van der Waals surface area contributed by atoms with Gasteiger partial charge in [0.2, 0.25) is 0 Å². The lowest BCUT2D eigenvalue weighted by molar-refractivity contribution is -0.149. The summed E-state index contributed by atoms with van der Waals surface area (Å²) in [5, 5.41) is 18.7. The summed E-state index contributed by atoms with van der Waals surface area (Å²) >= 11 is 0. The highest BCUT2D eigenvalue weighted by atomic mass is 16.5. The Hall–Kier alpha value is -2.55. The van der Waals surface area contributed by atoms with E-state index >= 15 is 0 Å². The molecule has 0 bridgehead atoms. The summed E-state index contributed by atoms with van der Waals surface area (Å²) in [6, 6.07) is 8.45. The van der Waals surface area contributed by atoms with Gasteiger partial charge in [-0.15, -0.1) is 0 Å². The molecule has 0 saturated heterocycles. The van der Waals surface area contributed by atoms with E-state index in [-0.39, 0.29) is 12.5 Å². The standard InChI is InChI=1S/C17H21NO5/c1-4-12(2)23-16(21)10-17(11-18,9-15(19)20)13-5-7-14(22-3)8-6-13/h5-8,12H,4,9-10H2,1-3H3,(H,19,20). The Balaban J connectivity index is 3.13. The van der Waals surface area contributed by atoms with Crippen molar-refractivity contribution in [3.63, 3.8) is 0 Å². The zero-order valence-electron chi connectivity index (χ0n) is 13.5. The lowest BCUT2D eigenvalue weighted by Gasteiger charge is -2.25. The fourth-order valence-electron chi connectivity index (χ4n) is 2.17. The molecule has 23 heavy (non-hydrogen) atoms. The van der Waals surface area contributed by atoms with Gasteiger partial charge in [0, 0.05) is 0 Å². The molecule has 0 radical (unpaired) electrons. The molecular formula is C17H21NO5. The Kier molecular flexibility index (Phi) is 6.58. The number of ether oxygens (including phenoxy) is 2. The summed E-state index contributed by atoms with van der Waals surface area (Å²) < 4.78 is 10.3. The third-order valence-electron chi connectivity index (χ3n) is 3.66. The van der Waals surface area contributed by atoms with Gasteiger partial charge < -0.3 is 14.6 Å². The van der Waals surface area contributed by atoms with Gasteiger partial charge in [0.1, 0.15) is 11.2 Å². The van der Waals surface area contributed by atoms with E-state index in [1.54, 1.807) is 31.2 Å². The van der Waals surface area contributed by atoms with Crippen molar-refractivity contribution < 1.29 is 24.2 Å². The Morgan fingerprint density at radius 3 is 2.35 bits per heavy atom. The second-order valence-electron chi connectivity index (χ2n) is 5.38. The minimum absolute atomic E-state index is 0.278. The number of nitrogens with zero attached hydrogens (tertiary/aromatic N) is 1. The van der Waals surface area contributed by atoms with Gasteiger partial charge in [-0.1, -0.05) is 19.1 Å². The van der Waals surface area contributed by atoms with Crippen LogP contribution in [-0.2, 0) is 19.7 Å². The number of nitriles is 1. The number of carbonyl (C=O) groups is 2.